The summed E-state index contributed by atoms with van der Waals surface area (Å²) in [5, 5.41) is 5.96. The molecule has 0 fully saturated rings. The maximum absolute atomic E-state index is 11.5. The Balaban J connectivity index is 0.00000364. The minimum absolute atomic E-state index is 0. The lowest BCUT2D eigenvalue weighted by Crippen LogP contribution is -3.00. The monoisotopic (exact) mass is 392 g/mol. The number of nitrogens with two attached hydrogens (primary N) is 1. The highest BCUT2D eigenvalue weighted by Gasteiger charge is 2.12. The number of nitrogen functional groups attached to an aromatic ring is 1. The summed E-state index contributed by atoms with van der Waals surface area (Å²) in [4.78, 5) is 14.6. The summed E-state index contributed by atoms with van der Waals surface area (Å²) >= 11 is 0. The van der Waals surface area contributed by atoms with Crippen LogP contribution in [0.1, 0.15) is 48.9 Å². The second-order valence-electron chi connectivity index (χ2n) is 6.69. The zero-order chi connectivity index (χ0) is 19.3. The Morgan fingerprint density at radius 1 is 1.22 bits per heavy atom. The number of hydrogen-bond donors (Lipinski definition) is 3. The third-order valence-electron chi connectivity index (χ3n) is 4.33. The second-order valence-corrected chi connectivity index (χ2v) is 6.69. The Morgan fingerprint density at radius 3 is 2.37 bits per heavy atom. The van der Waals surface area contributed by atoms with E-state index in [1.165, 1.54) is 22.3 Å². The van der Waals surface area contributed by atoms with E-state index in [0.29, 0.717) is 30.6 Å². The van der Waals surface area contributed by atoms with Gasteiger partial charge >= 0.3 is 6.09 Å². The summed E-state index contributed by atoms with van der Waals surface area (Å²) in [5.74, 6) is 1.66. The van der Waals surface area contributed by atoms with E-state index >= 15 is 0 Å². The van der Waals surface area contributed by atoms with Crippen LogP contribution in [0.3, 0.4) is 0 Å². The molecule has 0 saturated heterocycles. The molecule has 5 N–H and O–H groups in total. The van der Waals surface area contributed by atoms with E-state index in [-0.39, 0.29) is 12.4 Å². The van der Waals surface area contributed by atoms with Crippen molar-refractivity contribution in [3.8, 4) is 0 Å². The molecule has 0 bridgehead atoms. The van der Waals surface area contributed by atoms with Gasteiger partial charge in [-0.05, 0) is 55.0 Å². The fourth-order valence-electron chi connectivity index (χ4n) is 2.82. The quantitative estimate of drug-likeness (QED) is 0.684. The van der Waals surface area contributed by atoms with Gasteiger partial charge in [-0.25, -0.2) is 9.78 Å². The summed E-state index contributed by atoms with van der Waals surface area (Å²) < 4.78 is 4.85. The average molecular weight is 393 g/mol. The van der Waals surface area contributed by atoms with E-state index in [1.54, 1.807) is 13.0 Å². The van der Waals surface area contributed by atoms with E-state index in [0.717, 1.165) is 5.82 Å². The van der Waals surface area contributed by atoms with Gasteiger partial charge in [-0.3, -0.25) is 5.32 Å². The third kappa shape index (κ3) is 6.03. The molecule has 0 aliphatic rings. The summed E-state index contributed by atoms with van der Waals surface area (Å²) in [6.07, 6.45) is -0.523. The van der Waals surface area contributed by atoms with Gasteiger partial charge in [0, 0.05) is 6.07 Å². The molecule has 1 aromatic heterocycles. The first-order chi connectivity index (χ1) is 12.3. The van der Waals surface area contributed by atoms with Crippen LogP contribution in [0.5, 0.6) is 0 Å². The summed E-state index contributed by atoms with van der Waals surface area (Å²) in [6, 6.07) is 8.08. The number of aryl methyl sites for hydroxylation is 2. The number of H-pyrrole nitrogens is 1. The predicted molar refractivity (Wildman–Crippen MR) is 105 cm³/mol. The normalized spacial score (nSPS) is 10.3. The van der Waals surface area contributed by atoms with Crippen LogP contribution in [0.2, 0.25) is 0 Å². The molecule has 1 amide bonds. The van der Waals surface area contributed by atoms with Crippen LogP contribution >= 0.6 is 0 Å². The van der Waals surface area contributed by atoms with Crippen molar-refractivity contribution in [2.45, 2.75) is 47.1 Å². The molecular weight excluding hydrogens is 364 g/mol. The van der Waals surface area contributed by atoms with Crippen LogP contribution < -0.4 is 33.8 Å². The predicted octanol–water partition coefficient (Wildman–Crippen LogP) is 1.01. The number of carbonyl (C=O) groups is 1. The first-order valence-electron chi connectivity index (χ1n) is 8.91. The molecule has 27 heavy (non-hydrogen) atoms. The maximum atomic E-state index is 11.5. The van der Waals surface area contributed by atoms with Crippen LogP contribution in [0.25, 0.3) is 0 Å². The third-order valence-corrected chi connectivity index (χ3v) is 4.33. The van der Waals surface area contributed by atoms with Gasteiger partial charge in [0.2, 0.25) is 11.6 Å². The van der Waals surface area contributed by atoms with Crippen molar-refractivity contribution in [1.29, 1.82) is 0 Å². The molecule has 0 aliphatic heterocycles. The fourth-order valence-corrected chi connectivity index (χ4v) is 2.82. The largest absolute Gasteiger partial charge is 1.00 e. The van der Waals surface area contributed by atoms with E-state index < -0.39 is 6.09 Å². The summed E-state index contributed by atoms with van der Waals surface area (Å²) in [6.45, 7) is 11.4. The summed E-state index contributed by atoms with van der Waals surface area (Å²) in [5.41, 5.74) is 11.6. The van der Waals surface area contributed by atoms with Gasteiger partial charge in [-0.1, -0.05) is 26.0 Å². The number of anilines is 3. The molecule has 7 heteroatoms. The molecule has 6 nitrogen and oxygen atoms in total. The van der Waals surface area contributed by atoms with Crippen molar-refractivity contribution < 1.29 is 26.9 Å². The standard InChI is InChI=1S/C20H28N4O2.ClH/c1-6-26-20(25)23-17-7-8-18(24-19(17)21)22-11-16-13(4)9-15(12(2)3)10-14(16)5;/h7-10,12H,6,11H2,1-5H3,(H,23,25)(H3,21,22,24);1H. The molecule has 0 spiro atoms. The number of ether oxygens (including phenoxy) is 1. The lowest BCUT2D eigenvalue weighted by atomic mass is 9.94. The molecule has 2 aromatic rings. The molecule has 0 radical (unpaired) electrons. The van der Waals surface area contributed by atoms with Gasteiger partial charge in [0.15, 0.2) is 0 Å². The van der Waals surface area contributed by atoms with Crippen LogP contribution in [-0.4, -0.2) is 12.7 Å². The van der Waals surface area contributed by atoms with Gasteiger partial charge in [0.05, 0.1) is 13.2 Å². The van der Waals surface area contributed by atoms with Gasteiger partial charge < -0.3 is 28.2 Å². The Labute approximate surface area is 167 Å². The Hall–Kier alpha value is -2.47. The highest BCUT2D eigenvalue weighted by Crippen LogP contribution is 2.23. The second kappa shape index (κ2) is 10.0. The molecule has 0 saturated carbocycles. The number of carbonyl (C=O) groups excluding carboxylic acids is 1. The molecule has 1 heterocycles. The number of nitrogens with one attached hydrogen (secondary N) is 3. The van der Waals surface area contributed by atoms with Gasteiger partial charge in [0.25, 0.3) is 0 Å². The van der Waals surface area contributed by atoms with Gasteiger partial charge in [-0.2, -0.15) is 0 Å². The molecule has 0 unspecified atom stereocenters. The molecule has 2 rings (SSSR count). The van der Waals surface area contributed by atoms with Crippen molar-refractivity contribution in [2.24, 2.45) is 0 Å². The number of amides is 1. The number of pyridine rings is 1. The molecule has 0 aliphatic carbocycles. The zero-order valence-corrected chi connectivity index (χ0v) is 17.3. The summed E-state index contributed by atoms with van der Waals surface area (Å²) in [7, 11) is 0. The molecule has 0 atom stereocenters. The molecule has 148 valence electrons. The number of benzene rings is 1. The van der Waals surface area contributed by atoms with Crippen molar-refractivity contribution in [3.05, 3.63) is 46.5 Å². The lowest BCUT2D eigenvalue weighted by molar-refractivity contribution is -0.342. The Bertz CT molecular complexity index is 771. The topological polar surface area (TPSA) is 90.5 Å². The van der Waals surface area contributed by atoms with Crippen molar-refractivity contribution in [2.75, 3.05) is 23.0 Å². The number of hydrogen-bond acceptors (Lipinski definition) is 4. The first kappa shape index (κ1) is 22.6. The average Bonchev–Trinajstić information content (AvgIpc) is 2.56. The molecular formula is C20H29ClN4O2. The smallest absolute Gasteiger partial charge is 0.411 e. The highest BCUT2D eigenvalue weighted by atomic mass is 35.5. The van der Waals surface area contributed by atoms with E-state index in [2.05, 4.69) is 55.4 Å². The van der Waals surface area contributed by atoms with Crippen LogP contribution in [0.15, 0.2) is 24.3 Å². The van der Waals surface area contributed by atoms with Crippen molar-refractivity contribution in [1.82, 2.24) is 0 Å². The number of rotatable bonds is 6. The van der Waals surface area contributed by atoms with Crippen LogP contribution in [0.4, 0.5) is 22.1 Å². The van der Waals surface area contributed by atoms with Crippen molar-refractivity contribution >= 4 is 23.4 Å². The van der Waals surface area contributed by atoms with E-state index in [1.807, 2.05) is 6.07 Å². The minimum atomic E-state index is -0.523. The highest BCUT2D eigenvalue weighted by molar-refractivity contribution is 5.87. The van der Waals surface area contributed by atoms with Crippen molar-refractivity contribution in [3.63, 3.8) is 0 Å². The maximum Gasteiger partial charge on any atom is 0.411 e. The number of halogens is 1. The van der Waals surface area contributed by atoms with Crippen LogP contribution in [-0.2, 0) is 11.3 Å². The zero-order valence-electron chi connectivity index (χ0n) is 16.6. The fraction of sp³-hybridized carbons (Fsp3) is 0.400. The van der Waals surface area contributed by atoms with Crippen LogP contribution in [0, 0.1) is 13.8 Å². The first-order valence-corrected chi connectivity index (χ1v) is 8.91. The van der Waals surface area contributed by atoms with Gasteiger partial charge in [0.1, 0.15) is 5.69 Å². The Morgan fingerprint density at radius 2 is 1.85 bits per heavy atom. The number of aromatic nitrogens is 1. The minimum Gasteiger partial charge on any atom is -1.00 e. The van der Waals surface area contributed by atoms with E-state index in [4.69, 9.17) is 10.5 Å². The van der Waals surface area contributed by atoms with E-state index in [9.17, 15) is 4.79 Å². The SMILES string of the molecule is CCOC(=O)Nc1ccc(NCc2c(C)cc(C(C)C)cc2C)[nH+]c1N.[Cl-]. The van der Waals surface area contributed by atoms with Gasteiger partial charge in [-0.15, -0.1) is 0 Å². The molecule has 1 aromatic carbocycles. The lowest BCUT2D eigenvalue weighted by Gasteiger charge is -2.14. The number of aromatic amines is 1. The Kier molecular flexibility index (Phi) is 8.37.